The molecule has 0 saturated heterocycles. The molecule has 0 unspecified atom stereocenters. The van der Waals surface area contributed by atoms with Crippen molar-refractivity contribution in [3.8, 4) is 5.69 Å². The minimum absolute atomic E-state index is 0.00474. The fraction of sp³-hybridized carbons (Fsp3) is 0.444. The molecular weight excluding hydrogens is 383 g/mol. The Labute approximate surface area is 167 Å². The Morgan fingerprint density at radius 2 is 1.93 bits per heavy atom. The van der Waals surface area contributed by atoms with Gasteiger partial charge in [0.25, 0.3) is 0 Å². The highest BCUT2D eigenvalue weighted by atomic mass is 32.2. The second kappa shape index (κ2) is 10.2. The lowest BCUT2D eigenvalue weighted by molar-refractivity contribution is -0.117. The first-order valence-corrected chi connectivity index (χ1v) is 9.90. The van der Waals surface area contributed by atoms with Crippen molar-refractivity contribution < 1.29 is 14.0 Å². The molecule has 0 radical (unpaired) electrons. The van der Waals surface area contributed by atoms with Crippen LogP contribution in [0.25, 0.3) is 5.69 Å². The van der Waals surface area contributed by atoms with Gasteiger partial charge in [-0.05, 0) is 51.7 Å². The molecular formula is C18H25FN6O2S. The number of thioether (sulfide) groups is 1. The molecule has 2 aromatic rings. The van der Waals surface area contributed by atoms with Crippen LogP contribution in [0.2, 0.25) is 0 Å². The van der Waals surface area contributed by atoms with Crippen molar-refractivity contribution in [2.45, 2.75) is 31.5 Å². The number of nitrogens with one attached hydrogen (secondary N) is 2. The molecule has 1 atom stereocenters. The van der Waals surface area contributed by atoms with Gasteiger partial charge in [0.1, 0.15) is 5.82 Å². The predicted octanol–water partition coefficient (Wildman–Crippen LogP) is 2.36. The lowest BCUT2D eigenvalue weighted by atomic mass is 10.2. The average Bonchev–Trinajstić information content (AvgIpc) is 3.08. The molecule has 152 valence electrons. The summed E-state index contributed by atoms with van der Waals surface area (Å²) in [6, 6.07) is 5.41. The van der Waals surface area contributed by atoms with Gasteiger partial charge in [0.2, 0.25) is 5.91 Å². The summed E-state index contributed by atoms with van der Waals surface area (Å²) >= 11 is 1.16. The van der Waals surface area contributed by atoms with Crippen molar-refractivity contribution >= 4 is 23.7 Å². The first kappa shape index (κ1) is 21.8. The zero-order chi connectivity index (χ0) is 20.7. The summed E-state index contributed by atoms with van der Waals surface area (Å²) in [6.07, 6.45) is 0.782. The van der Waals surface area contributed by atoms with Crippen LogP contribution < -0.4 is 10.6 Å². The topological polar surface area (TPSA) is 92.2 Å². The number of amides is 3. The van der Waals surface area contributed by atoms with Crippen LogP contribution in [-0.2, 0) is 4.79 Å². The van der Waals surface area contributed by atoms with E-state index in [-0.39, 0.29) is 17.6 Å². The van der Waals surface area contributed by atoms with Gasteiger partial charge in [-0.2, -0.15) is 0 Å². The molecule has 0 aliphatic rings. The number of halogens is 1. The van der Waals surface area contributed by atoms with Crippen LogP contribution in [0.5, 0.6) is 0 Å². The Balaban J connectivity index is 2.19. The molecule has 0 aliphatic heterocycles. The summed E-state index contributed by atoms with van der Waals surface area (Å²) in [5.41, 5.74) is 0.693. The number of hydrogen-bond donors (Lipinski definition) is 2. The molecule has 1 heterocycles. The smallest absolute Gasteiger partial charge is 0.321 e. The van der Waals surface area contributed by atoms with E-state index in [1.54, 1.807) is 16.7 Å². The van der Waals surface area contributed by atoms with Gasteiger partial charge in [0.15, 0.2) is 11.0 Å². The number of hydrogen-bond acceptors (Lipinski definition) is 6. The molecule has 1 aromatic heterocycles. The predicted molar refractivity (Wildman–Crippen MR) is 106 cm³/mol. The third kappa shape index (κ3) is 5.77. The third-order valence-electron chi connectivity index (χ3n) is 4.01. The van der Waals surface area contributed by atoms with Crippen LogP contribution in [0.15, 0.2) is 29.4 Å². The van der Waals surface area contributed by atoms with Gasteiger partial charge in [-0.3, -0.25) is 19.6 Å². The van der Waals surface area contributed by atoms with Gasteiger partial charge >= 0.3 is 6.03 Å². The molecule has 0 saturated carbocycles. The Bertz CT molecular complexity index is 809. The Morgan fingerprint density at radius 1 is 1.25 bits per heavy atom. The number of rotatable bonds is 8. The van der Waals surface area contributed by atoms with E-state index in [9.17, 15) is 14.0 Å². The Kier molecular flexibility index (Phi) is 7.94. The standard InChI is InChI=1S/C18H25FN6O2S/c1-5-10-20-17(27)21-15(26)11-28-18-23-22-16(12(2)24(3)4)25(18)14-8-6-13(19)7-9-14/h6-9,12H,5,10-11H2,1-4H3,(H2,20,21,26,27)/t12-/m0/s1. The lowest BCUT2D eigenvalue weighted by Gasteiger charge is -2.20. The number of carbonyl (C=O) groups excluding carboxylic acids is 2. The van der Waals surface area contributed by atoms with E-state index in [1.165, 1.54) is 12.1 Å². The monoisotopic (exact) mass is 408 g/mol. The van der Waals surface area contributed by atoms with E-state index < -0.39 is 11.9 Å². The molecule has 2 rings (SSSR count). The summed E-state index contributed by atoms with van der Waals surface area (Å²) in [7, 11) is 3.84. The molecule has 1 aromatic carbocycles. The molecule has 0 spiro atoms. The van der Waals surface area contributed by atoms with Gasteiger partial charge in [0, 0.05) is 12.2 Å². The number of imide groups is 1. The Hall–Kier alpha value is -2.46. The Morgan fingerprint density at radius 3 is 2.54 bits per heavy atom. The largest absolute Gasteiger partial charge is 0.338 e. The number of benzene rings is 1. The number of aromatic nitrogens is 3. The van der Waals surface area contributed by atoms with Crippen LogP contribution in [-0.4, -0.2) is 58.0 Å². The summed E-state index contributed by atoms with van der Waals surface area (Å²) in [5, 5.41) is 13.8. The molecule has 0 aliphatic carbocycles. The number of nitrogens with zero attached hydrogens (tertiary/aromatic N) is 4. The van der Waals surface area contributed by atoms with Crippen LogP contribution in [0.4, 0.5) is 9.18 Å². The van der Waals surface area contributed by atoms with E-state index in [0.717, 1.165) is 18.2 Å². The van der Waals surface area contributed by atoms with Crippen LogP contribution in [0.3, 0.4) is 0 Å². The molecule has 10 heteroatoms. The molecule has 0 fully saturated rings. The highest BCUT2D eigenvalue weighted by Crippen LogP contribution is 2.26. The maximum absolute atomic E-state index is 13.3. The fourth-order valence-corrected chi connectivity index (χ4v) is 3.04. The van der Waals surface area contributed by atoms with Crippen molar-refractivity contribution in [3.05, 3.63) is 35.9 Å². The third-order valence-corrected chi connectivity index (χ3v) is 4.94. The quantitative estimate of drug-likeness (QED) is 0.652. The summed E-state index contributed by atoms with van der Waals surface area (Å²) in [6.45, 7) is 4.40. The van der Waals surface area contributed by atoms with E-state index in [4.69, 9.17) is 0 Å². The zero-order valence-electron chi connectivity index (χ0n) is 16.4. The highest BCUT2D eigenvalue weighted by Gasteiger charge is 2.21. The molecule has 8 nitrogen and oxygen atoms in total. The second-order valence-electron chi connectivity index (χ2n) is 6.38. The van der Waals surface area contributed by atoms with Crippen molar-refractivity contribution in [1.82, 2.24) is 30.3 Å². The summed E-state index contributed by atoms with van der Waals surface area (Å²) in [4.78, 5) is 25.6. The van der Waals surface area contributed by atoms with E-state index in [2.05, 4.69) is 20.8 Å². The minimum atomic E-state index is -0.519. The van der Waals surface area contributed by atoms with Gasteiger partial charge in [-0.1, -0.05) is 18.7 Å². The lowest BCUT2D eigenvalue weighted by Crippen LogP contribution is -2.40. The van der Waals surface area contributed by atoms with Crippen molar-refractivity contribution in [2.75, 3.05) is 26.4 Å². The maximum Gasteiger partial charge on any atom is 0.321 e. The normalized spacial score (nSPS) is 12.1. The van der Waals surface area contributed by atoms with Gasteiger partial charge in [0.05, 0.1) is 11.8 Å². The minimum Gasteiger partial charge on any atom is -0.338 e. The summed E-state index contributed by atoms with van der Waals surface area (Å²) < 4.78 is 15.1. The highest BCUT2D eigenvalue weighted by molar-refractivity contribution is 7.99. The van der Waals surface area contributed by atoms with Gasteiger partial charge in [-0.25, -0.2) is 9.18 Å². The van der Waals surface area contributed by atoms with Crippen LogP contribution in [0, 0.1) is 5.82 Å². The van der Waals surface area contributed by atoms with Gasteiger partial charge in [-0.15, -0.1) is 10.2 Å². The zero-order valence-corrected chi connectivity index (χ0v) is 17.2. The van der Waals surface area contributed by atoms with E-state index in [1.807, 2.05) is 32.8 Å². The van der Waals surface area contributed by atoms with Gasteiger partial charge < -0.3 is 5.32 Å². The van der Waals surface area contributed by atoms with Crippen LogP contribution in [0.1, 0.15) is 32.1 Å². The maximum atomic E-state index is 13.3. The van der Waals surface area contributed by atoms with E-state index in [0.29, 0.717) is 23.2 Å². The number of carbonyl (C=O) groups is 2. The number of urea groups is 1. The molecule has 2 N–H and O–H groups in total. The van der Waals surface area contributed by atoms with Crippen molar-refractivity contribution in [3.63, 3.8) is 0 Å². The molecule has 28 heavy (non-hydrogen) atoms. The molecule has 3 amide bonds. The average molecular weight is 409 g/mol. The first-order valence-electron chi connectivity index (χ1n) is 8.91. The first-order chi connectivity index (χ1) is 13.3. The van der Waals surface area contributed by atoms with Crippen molar-refractivity contribution in [1.29, 1.82) is 0 Å². The van der Waals surface area contributed by atoms with Crippen molar-refractivity contribution in [2.24, 2.45) is 0 Å². The SMILES string of the molecule is CCCNC(=O)NC(=O)CSc1nnc([C@H](C)N(C)C)n1-c1ccc(F)cc1. The second-order valence-corrected chi connectivity index (χ2v) is 7.33. The fourth-order valence-electron chi connectivity index (χ4n) is 2.28. The molecule has 0 bridgehead atoms. The van der Waals surface area contributed by atoms with E-state index >= 15 is 0 Å². The summed E-state index contributed by atoms with van der Waals surface area (Å²) in [5.74, 6) is -0.116. The van der Waals surface area contributed by atoms with Crippen LogP contribution >= 0.6 is 11.8 Å².